The maximum Gasteiger partial charge on any atom is 0.150 e. The number of aliphatic imine (C=N–C) groups is 1. The van der Waals surface area contributed by atoms with Gasteiger partial charge in [0.05, 0.1) is 12.3 Å². The predicted molar refractivity (Wildman–Crippen MR) is 53.5 cm³/mol. The van der Waals surface area contributed by atoms with Gasteiger partial charge in [0.1, 0.15) is 17.9 Å². The van der Waals surface area contributed by atoms with Crippen LogP contribution in [0.5, 0.6) is 0 Å². The SMILES string of the molecule is C[C@@H](O)Cc1ncc(C(N)=NC=N)[nH]1. The number of nitrogens with one attached hydrogen (secondary N) is 2. The van der Waals surface area contributed by atoms with E-state index in [1.807, 2.05) is 0 Å². The number of H-pyrrole nitrogens is 1. The number of imidazole rings is 1. The van der Waals surface area contributed by atoms with Crippen molar-refractivity contribution in [3.05, 3.63) is 17.7 Å². The van der Waals surface area contributed by atoms with E-state index >= 15 is 0 Å². The predicted octanol–water partition coefficient (Wildman–Crippen LogP) is -0.355. The Morgan fingerprint density at radius 2 is 2.64 bits per heavy atom. The van der Waals surface area contributed by atoms with Crippen LogP contribution in [0.4, 0.5) is 0 Å². The number of aliphatic hydroxyl groups excluding tert-OH is 1. The third-order valence-corrected chi connectivity index (χ3v) is 1.60. The van der Waals surface area contributed by atoms with E-state index in [4.69, 9.17) is 16.2 Å². The van der Waals surface area contributed by atoms with Crippen molar-refractivity contribution in [2.24, 2.45) is 10.7 Å². The van der Waals surface area contributed by atoms with Gasteiger partial charge in [0.2, 0.25) is 0 Å². The first-order chi connectivity index (χ1) is 6.63. The standard InChI is InChI=1S/C8H13N5O/c1-5(14)2-7-11-3-6(13-7)8(10)12-4-9/h3-5,14H,2H2,1H3,(H,11,13)(H3,9,10,12)/t5-/m1/s1. The molecule has 0 fully saturated rings. The molecule has 0 spiro atoms. The van der Waals surface area contributed by atoms with Gasteiger partial charge in [-0.1, -0.05) is 0 Å². The van der Waals surface area contributed by atoms with Crippen molar-refractivity contribution < 1.29 is 5.11 Å². The Bertz CT molecular complexity index is 341. The minimum Gasteiger partial charge on any atom is -0.393 e. The van der Waals surface area contributed by atoms with Crippen LogP contribution in [0.2, 0.25) is 0 Å². The molecule has 1 rings (SSSR count). The van der Waals surface area contributed by atoms with Gasteiger partial charge in [-0.15, -0.1) is 0 Å². The second-order valence-corrected chi connectivity index (χ2v) is 2.94. The second kappa shape index (κ2) is 4.52. The Balaban J connectivity index is 2.77. The van der Waals surface area contributed by atoms with Gasteiger partial charge in [0.15, 0.2) is 5.84 Å². The molecule has 0 bridgehead atoms. The Morgan fingerprint density at radius 1 is 1.93 bits per heavy atom. The first-order valence-corrected chi connectivity index (χ1v) is 4.18. The Kier molecular flexibility index (Phi) is 3.35. The third-order valence-electron chi connectivity index (χ3n) is 1.60. The largest absolute Gasteiger partial charge is 0.393 e. The molecule has 14 heavy (non-hydrogen) atoms. The lowest BCUT2D eigenvalue weighted by Gasteiger charge is -1.99. The molecule has 1 aromatic rings. The smallest absolute Gasteiger partial charge is 0.150 e. The molecular weight excluding hydrogens is 182 g/mol. The summed E-state index contributed by atoms with van der Waals surface area (Å²) in [7, 11) is 0. The zero-order valence-electron chi connectivity index (χ0n) is 7.86. The summed E-state index contributed by atoms with van der Waals surface area (Å²) in [6, 6.07) is 0. The number of amidine groups is 1. The van der Waals surface area contributed by atoms with Gasteiger partial charge in [-0.05, 0) is 6.92 Å². The van der Waals surface area contributed by atoms with Crippen LogP contribution in [0.3, 0.4) is 0 Å². The van der Waals surface area contributed by atoms with Gasteiger partial charge in [0.25, 0.3) is 0 Å². The summed E-state index contributed by atoms with van der Waals surface area (Å²) in [5, 5.41) is 15.8. The minimum atomic E-state index is -0.449. The van der Waals surface area contributed by atoms with E-state index in [1.54, 1.807) is 6.92 Å². The summed E-state index contributed by atoms with van der Waals surface area (Å²) in [4.78, 5) is 10.5. The highest BCUT2D eigenvalue weighted by atomic mass is 16.3. The van der Waals surface area contributed by atoms with Crippen molar-refractivity contribution in [3.8, 4) is 0 Å². The first-order valence-electron chi connectivity index (χ1n) is 4.18. The van der Waals surface area contributed by atoms with E-state index in [0.29, 0.717) is 17.9 Å². The van der Waals surface area contributed by atoms with E-state index in [9.17, 15) is 0 Å². The van der Waals surface area contributed by atoms with Gasteiger partial charge in [-0.3, -0.25) is 5.41 Å². The number of hydrogen-bond donors (Lipinski definition) is 4. The van der Waals surface area contributed by atoms with Gasteiger partial charge < -0.3 is 15.8 Å². The summed E-state index contributed by atoms with van der Waals surface area (Å²) >= 11 is 0. The molecule has 6 heteroatoms. The van der Waals surface area contributed by atoms with E-state index in [2.05, 4.69) is 15.0 Å². The molecule has 0 radical (unpaired) electrons. The molecule has 5 N–H and O–H groups in total. The number of nitrogens with zero attached hydrogens (tertiary/aromatic N) is 2. The Hall–Kier alpha value is -1.69. The van der Waals surface area contributed by atoms with E-state index in [1.165, 1.54) is 6.20 Å². The summed E-state index contributed by atoms with van der Waals surface area (Å²) in [6.45, 7) is 1.68. The van der Waals surface area contributed by atoms with Crippen molar-refractivity contribution in [2.75, 3.05) is 0 Å². The molecule has 0 aliphatic carbocycles. The fourth-order valence-electron chi connectivity index (χ4n) is 1.02. The van der Waals surface area contributed by atoms with E-state index in [0.717, 1.165) is 6.34 Å². The zero-order chi connectivity index (χ0) is 10.6. The van der Waals surface area contributed by atoms with Gasteiger partial charge in [-0.25, -0.2) is 9.98 Å². The number of rotatable bonds is 4. The molecule has 0 aliphatic heterocycles. The van der Waals surface area contributed by atoms with Crippen molar-refractivity contribution >= 4 is 12.2 Å². The monoisotopic (exact) mass is 195 g/mol. The zero-order valence-corrected chi connectivity index (χ0v) is 7.86. The highest BCUT2D eigenvalue weighted by Gasteiger charge is 2.05. The van der Waals surface area contributed by atoms with Crippen LogP contribution in [-0.4, -0.2) is 33.4 Å². The molecule has 0 aliphatic rings. The molecule has 0 saturated carbocycles. The molecule has 0 unspecified atom stereocenters. The second-order valence-electron chi connectivity index (χ2n) is 2.94. The number of nitrogens with two attached hydrogens (primary N) is 1. The van der Waals surface area contributed by atoms with Crippen molar-refractivity contribution in [2.45, 2.75) is 19.4 Å². The van der Waals surface area contributed by atoms with Crippen molar-refractivity contribution in [3.63, 3.8) is 0 Å². The van der Waals surface area contributed by atoms with E-state index < -0.39 is 6.10 Å². The Labute approximate surface area is 81.4 Å². The lowest BCUT2D eigenvalue weighted by atomic mass is 10.3. The number of aromatic nitrogens is 2. The highest BCUT2D eigenvalue weighted by molar-refractivity contribution is 5.99. The average Bonchev–Trinajstić information content (AvgIpc) is 2.52. The molecule has 1 heterocycles. The van der Waals surface area contributed by atoms with Crippen molar-refractivity contribution in [1.29, 1.82) is 5.41 Å². The normalized spacial score (nSPS) is 14.0. The van der Waals surface area contributed by atoms with Gasteiger partial charge >= 0.3 is 0 Å². The number of aliphatic hydroxyl groups is 1. The third kappa shape index (κ3) is 2.67. The molecule has 0 aromatic carbocycles. The molecule has 1 aromatic heterocycles. The fraction of sp³-hybridized carbons (Fsp3) is 0.375. The molecule has 76 valence electrons. The maximum atomic E-state index is 9.10. The topological polar surface area (TPSA) is 111 Å². The quantitative estimate of drug-likeness (QED) is 0.389. The summed E-state index contributed by atoms with van der Waals surface area (Å²) in [5.41, 5.74) is 6.07. The molecular formula is C8H13N5O. The lowest BCUT2D eigenvalue weighted by molar-refractivity contribution is 0.193. The summed E-state index contributed by atoms with van der Waals surface area (Å²) in [5.74, 6) is 0.863. The van der Waals surface area contributed by atoms with E-state index in [-0.39, 0.29) is 5.84 Å². The Morgan fingerprint density at radius 3 is 3.21 bits per heavy atom. The maximum absolute atomic E-state index is 9.10. The molecule has 0 amide bonds. The number of hydrogen-bond acceptors (Lipinski definition) is 3. The van der Waals surface area contributed by atoms with Crippen LogP contribution in [0, 0.1) is 5.41 Å². The van der Waals surface area contributed by atoms with Crippen LogP contribution < -0.4 is 5.73 Å². The number of aromatic amines is 1. The summed E-state index contributed by atoms with van der Waals surface area (Å²) in [6.07, 6.45) is 2.39. The molecule has 6 nitrogen and oxygen atoms in total. The van der Waals surface area contributed by atoms with Crippen LogP contribution in [0.25, 0.3) is 0 Å². The minimum absolute atomic E-state index is 0.212. The highest BCUT2D eigenvalue weighted by Crippen LogP contribution is 2.00. The first kappa shape index (κ1) is 10.4. The van der Waals surface area contributed by atoms with Crippen LogP contribution in [-0.2, 0) is 6.42 Å². The summed E-state index contributed by atoms with van der Waals surface area (Å²) < 4.78 is 0. The van der Waals surface area contributed by atoms with Gasteiger partial charge in [0, 0.05) is 6.42 Å². The fourth-order valence-corrected chi connectivity index (χ4v) is 1.02. The van der Waals surface area contributed by atoms with Gasteiger partial charge in [-0.2, -0.15) is 0 Å². The average molecular weight is 195 g/mol. The van der Waals surface area contributed by atoms with Crippen LogP contribution >= 0.6 is 0 Å². The lowest BCUT2D eigenvalue weighted by Crippen LogP contribution is -2.14. The van der Waals surface area contributed by atoms with Crippen molar-refractivity contribution in [1.82, 2.24) is 9.97 Å². The molecule has 0 saturated heterocycles. The van der Waals surface area contributed by atoms with Crippen LogP contribution in [0.15, 0.2) is 11.2 Å². The molecule has 1 atom stereocenters. The van der Waals surface area contributed by atoms with Crippen LogP contribution in [0.1, 0.15) is 18.4 Å².